The van der Waals surface area contributed by atoms with Gasteiger partial charge in [0, 0.05) is 12.6 Å². The van der Waals surface area contributed by atoms with Gasteiger partial charge in [0.25, 0.3) is 0 Å². The Morgan fingerprint density at radius 3 is 2.39 bits per heavy atom. The van der Waals surface area contributed by atoms with Crippen molar-refractivity contribution in [2.75, 3.05) is 6.54 Å². The van der Waals surface area contributed by atoms with Gasteiger partial charge in [0.1, 0.15) is 17.7 Å². The van der Waals surface area contributed by atoms with E-state index < -0.39 is 0 Å². The fourth-order valence-electron chi connectivity index (χ4n) is 1.63. The van der Waals surface area contributed by atoms with Crippen LogP contribution in [0.4, 0.5) is 4.39 Å². The van der Waals surface area contributed by atoms with Gasteiger partial charge in [-0.1, -0.05) is 27.7 Å². The third-order valence-corrected chi connectivity index (χ3v) is 2.89. The van der Waals surface area contributed by atoms with Crippen molar-refractivity contribution >= 4 is 0 Å². The lowest BCUT2D eigenvalue weighted by Crippen LogP contribution is -2.38. The number of halogens is 1. The van der Waals surface area contributed by atoms with E-state index in [0.29, 0.717) is 17.5 Å². The van der Waals surface area contributed by atoms with Crippen LogP contribution in [-0.2, 0) is 0 Å². The molecule has 1 aromatic rings. The highest BCUT2D eigenvalue weighted by molar-refractivity contribution is 5.29. The van der Waals surface area contributed by atoms with Crippen LogP contribution in [0, 0.1) is 18.7 Å². The second kappa shape index (κ2) is 6.74. The highest BCUT2D eigenvalue weighted by atomic mass is 19.1. The van der Waals surface area contributed by atoms with Crippen LogP contribution >= 0.6 is 0 Å². The summed E-state index contributed by atoms with van der Waals surface area (Å²) >= 11 is 0. The van der Waals surface area contributed by atoms with Gasteiger partial charge in [0.05, 0.1) is 0 Å². The Morgan fingerprint density at radius 2 is 1.89 bits per heavy atom. The van der Waals surface area contributed by atoms with Gasteiger partial charge in [-0.3, -0.25) is 0 Å². The van der Waals surface area contributed by atoms with Gasteiger partial charge in [0.2, 0.25) is 0 Å². The number of hydrogen-bond donors (Lipinski definition) is 1. The van der Waals surface area contributed by atoms with E-state index in [-0.39, 0.29) is 11.9 Å². The number of ether oxygens (including phenoxy) is 1. The van der Waals surface area contributed by atoms with Gasteiger partial charge < -0.3 is 10.1 Å². The topological polar surface area (TPSA) is 21.3 Å². The molecule has 1 atom stereocenters. The number of aryl methyl sites for hydroxylation is 1. The van der Waals surface area contributed by atoms with E-state index >= 15 is 0 Å². The second-order valence-corrected chi connectivity index (χ2v) is 5.37. The molecular formula is C15H24FNO. The average Bonchev–Trinajstić information content (AvgIpc) is 2.28. The molecule has 1 aromatic carbocycles. The number of nitrogens with one attached hydrogen (secondary N) is 1. The van der Waals surface area contributed by atoms with E-state index in [1.54, 1.807) is 19.1 Å². The molecule has 0 aliphatic heterocycles. The van der Waals surface area contributed by atoms with Crippen molar-refractivity contribution in [3.63, 3.8) is 0 Å². The Labute approximate surface area is 110 Å². The fraction of sp³-hybridized carbons (Fsp3) is 0.600. The van der Waals surface area contributed by atoms with E-state index in [4.69, 9.17) is 4.74 Å². The molecule has 0 amide bonds. The maximum atomic E-state index is 13.2. The first kappa shape index (κ1) is 15.0. The molecule has 0 saturated carbocycles. The van der Waals surface area contributed by atoms with E-state index in [1.807, 2.05) is 0 Å². The van der Waals surface area contributed by atoms with Gasteiger partial charge in [-0.15, -0.1) is 0 Å². The van der Waals surface area contributed by atoms with E-state index in [0.717, 1.165) is 12.3 Å². The lowest BCUT2D eigenvalue weighted by Gasteiger charge is -2.24. The molecule has 1 N–H and O–H groups in total. The molecule has 0 aliphatic rings. The molecule has 0 bridgehead atoms. The van der Waals surface area contributed by atoms with Crippen molar-refractivity contribution in [1.82, 2.24) is 5.32 Å². The minimum absolute atomic E-state index is 0.0947. The first-order valence-electron chi connectivity index (χ1n) is 6.56. The third-order valence-electron chi connectivity index (χ3n) is 2.89. The number of benzene rings is 1. The van der Waals surface area contributed by atoms with Crippen molar-refractivity contribution in [3.8, 4) is 5.75 Å². The number of hydrogen-bond acceptors (Lipinski definition) is 2. The monoisotopic (exact) mass is 253 g/mol. The normalized spacial score (nSPS) is 13.1. The molecule has 0 radical (unpaired) electrons. The molecule has 102 valence electrons. The zero-order chi connectivity index (χ0) is 13.7. The van der Waals surface area contributed by atoms with Crippen LogP contribution in [0.15, 0.2) is 18.2 Å². The van der Waals surface area contributed by atoms with Crippen molar-refractivity contribution < 1.29 is 9.13 Å². The summed E-state index contributed by atoms with van der Waals surface area (Å²) in [6, 6.07) is 5.33. The van der Waals surface area contributed by atoms with Gasteiger partial charge in [-0.25, -0.2) is 4.39 Å². The highest BCUT2D eigenvalue weighted by Gasteiger charge is 2.15. The fourth-order valence-corrected chi connectivity index (χ4v) is 1.63. The second-order valence-electron chi connectivity index (χ2n) is 5.37. The van der Waals surface area contributed by atoms with E-state index in [9.17, 15) is 4.39 Å². The Kier molecular flexibility index (Phi) is 5.60. The van der Waals surface area contributed by atoms with Crippen molar-refractivity contribution in [2.24, 2.45) is 5.92 Å². The zero-order valence-corrected chi connectivity index (χ0v) is 12.0. The molecule has 18 heavy (non-hydrogen) atoms. The highest BCUT2D eigenvalue weighted by Crippen LogP contribution is 2.19. The van der Waals surface area contributed by atoms with Gasteiger partial charge in [-0.05, 0) is 36.6 Å². The molecular weight excluding hydrogens is 229 g/mol. The largest absolute Gasteiger partial charge is 0.489 e. The summed E-state index contributed by atoms with van der Waals surface area (Å²) in [4.78, 5) is 0. The summed E-state index contributed by atoms with van der Waals surface area (Å²) in [5.41, 5.74) is 0.617. The van der Waals surface area contributed by atoms with Crippen LogP contribution in [0.1, 0.15) is 33.3 Å². The van der Waals surface area contributed by atoms with Crippen molar-refractivity contribution in [3.05, 3.63) is 29.6 Å². The molecule has 0 aliphatic carbocycles. The van der Waals surface area contributed by atoms with Gasteiger partial charge in [0.15, 0.2) is 0 Å². The quantitative estimate of drug-likeness (QED) is 0.837. The average molecular weight is 253 g/mol. The number of rotatable bonds is 6. The molecule has 0 spiro atoms. The van der Waals surface area contributed by atoms with Crippen LogP contribution in [0.3, 0.4) is 0 Å². The van der Waals surface area contributed by atoms with E-state index in [2.05, 4.69) is 33.0 Å². The van der Waals surface area contributed by atoms with Crippen LogP contribution in [0.5, 0.6) is 5.75 Å². The lowest BCUT2D eigenvalue weighted by atomic mass is 10.1. The third kappa shape index (κ3) is 4.65. The summed E-state index contributed by atoms with van der Waals surface area (Å²) in [6.07, 6.45) is 0.0947. The van der Waals surface area contributed by atoms with Crippen molar-refractivity contribution in [1.29, 1.82) is 0 Å². The Hall–Kier alpha value is -1.09. The van der Waals surface area contributed by atoms with Gasteiger partial charge >= 0.3 is 0 Å². The predicted molar refractivity (Wildman–Crippen MR) is 73.5 cm³/mol. The standard InChI is InChI=1S/C15H24FNO/c1-10(2)15(9-17-11(3)4)18-13-6-7-14(16)12(5)8-13/h6-8,10-11,15,17H,9H2,1-5H3. The molecule has 3 heteroatoms. The Morgan fingerprint density at radius 1 is 1.22 bits per heavy atom. The molecule has 0 heterocycles. The molecule has 1 unspecified atom stereocenters. The molecule has 1 rings (SSSR count). The van der Waals surface area contributed by atoms with Crippen LogP contribution in [0.2, 0.25) is 0 Å². The minimum atomic E-state index is -0.191. The smallest absolute Gasteiger partial charge is 0.126 e. The Balaban J connectivity index is 2.67. The summed E-state index contributed by atoms with van der Waals surface area (Å²) in [7, 11) is 0. The summed E-state index contributed by atoms with van der Waals surface area (Å²) in [6.45, 7) is 11.0. The maximum Gasteiger partial charge on any atom is 0.126 e. The first-order chi connectivity index (χ1) is 8.40. The van der Waals surface area contributed by atoms with Crippen LogP contribution in [0.25, 0.3) is 0 Å². The zero-order valence-electron chi connectivity index (χ0n) is 12.0. The van der Waals surface area contributed by atoms with E-state index in [1.165, 1.54) is 6.07 Å². The van der Waals surface area contributed by atoms with Crippen molar-refractivity contribution in [2.45, 2.75) is 46.8 Å². The predicted octanol–water partition coefficient (Wildman–Crippen LogP) is 3.54. The molecule has 0 saturated heterocycles. The Bertz CT molecular complexity index is 377. The SMILES string of the molecule is Cc1cc(OC(CNC(C)C)C(C)C)ccc1F. The maximum absolute atomic E-state index is 13.2. The lowest BCUT2D eigenvalue weighted by molar-refractivity contribution is 0.146. The molecule has 0 fully saturated rings. The summed E-state index contributed by atoms with van der Waals surface area (Å²) in [5.74, 6) is 0.948. The minimum Gasteiger partial charge on any atom is -0.489 e. The molecule has 2 nitrogen and oxygen atoms in total. The summed E-state index contributed by atoms with van der Waals surface area (Å²) < 4.78 is 19.1. The molecule has 0 aromatic heterocycles. The van der Waals surface area contributed by atoms with Gasteiger partial charge in [-0.2, -0.15) is 0 Å². The first-order valence-corrected chi connectivity index (χ1v) is 6.56. The summed E-state index contributed by atoms with van der Waals surface area (Å²) in [5, 5.41) is 3.37. The van der Waals surface area contributed by atoms with Crippen LogP contribution in [-0.4, -0.2) is 18.7 Å². The van der Waals surface area contributed by atoms with Crippen LogP contribution < -0.4 is 10.1 Å².